The van der Waals surface area contributed by atoms with Crippen LogP contribution in [0.15, 0.2) is 4.79 Å². The first-order chi connectivity index (χ1) is 8.00. The van der Waals surface area contributed by atoms with Crippen molar-refractivity contribution in [2.24, 2.45) is 7.05 Å². The second-order valence-electron chi connectivity index (χ2n) is 4.44. The number of amides is 1. The Balaban J connectivity index is 2.20. The molecule has 0 atom stereocenters. The van der Waals surface area contributed by atoms with E-state index in [2.05, 4.69) is 4.90 Å². The zero-order chi connectivity index (χ0) is 12.6. The standard InChI is InChI=1S/C11H17N3O2S/c1-8-9(17-11(16)13(8)3)10(15)14-6-4-12(2)5-7-14/h4-7H2,1-3H3. The number of piperazine rings is 1. The number of nitrogens with zero attached hydrogens (tertiary/aromatic N) is 3. The summed E-state index contributed by atoms with van der Waals surface area (Å²) in [6.07, 6.45) is 0. The zero-order valence-electron chi connectivity index (χ0n) is 10.4. The molecule has 94 valence electrons. The predicted molar refractivity (Wildman–Crippen MR) is 67.7 cm³/mol. The van der Waals surface area contributed by atoms with Crippen LogP contribution in [0.5, 0.6) is 0 Å². The molecular weight excluding hydrogens is 238 g/mol. The quantitative estimate of drug-likeness (QED) is 0.717. The molecule has 0 N–H and O–H groups in total. The Morgan fingerprint density at radius 3 is 2.24 bits per heavy atom. The molecule has 0 aliphatic carbocycles. The van der Waals surface area contributed by atoms with Crippen molar-refractivity contribution >= 4 is 17.2 Å². The van der Waals surface area contributed by atoms with Crippen LogP contribution in [0.3, 0.4) is 0 Å². The highest BCUT2D eigenvalue weighted by Gasteiger charge is 2.24. The van der Waals surface area contributed by atoms with Gasteiger partial charge in [-0.15, -0.1) is 0 Å². The van der Waals surface area contributed by atoms with Gasteiger partial charge in [-0.05, 0) is 14.0 Å². The summed E-state index contributed by atoms with van der Waals surface area (Å²) in [6, 6.07) is 0. The number of carbonyl (C=O) groups is 1. The van der Waals surface area contributed by atoms with E-state index < -0.39 is 0 Å². The van der Waals surface area contributed by atoms with Crippen molar-refractivity contribution in [1.82, 2.24) is 14.4 Å². The van der Waals surface area contributed by atoms with Crippen molar-refractivity contribution < 1.29 is 4.79 Å². The largest absolute Gasteiger partial charge is 0.335 e. The lowest BCUT2D eigenvalue weighted by molar-refractivity contribution is 0.0667. The molecule has 2 rings (SSSR count). The number of likely N-dealkylation sites (N-methyl/N-ethyl adjacent to an activating group) is 1. The number of hydrogen-bond acceptors (Lipinski definition) is 4. The van der Waals surface area contributed by atoms with E-state index in [4.69, 9.17) is 0 Å². The summed E-state index contributed by atoms with van der Waals surface area (Å²) < 4.78 is 1.54. The number of aromatic nitrogens is 1. The fourth-order valence-electron chi connectivity index (χ4n) is 1.87. The van der Waals surface area contributed by atoms with Crippen LogP contribution in [-0.4, -0.2) is 53.5 Å². The third kappa shape index (κ3) is 2.28. The molecule has 0 unspecified atom stereocenters. The van der Waals surface area contributed by atoms with Gasteiger partial charge < -0.3 is 14.4 Å². The van der Waals surface area contributed by atoms with E-state index in [0.717, 1.165) is 43.2 Å². The molecule has 0 spiro atoms. The van der Waals surface area contributed by atoms with Gasteiger partial charge in [-0.25, -0.2) is 0 Å². The van der Waals surface area contributed by atoms with Crippen molar-refractivity contribution in [3.8, 4) is 0 Å². The second-order valence-corrected chi connectivity index (χ2v) is 5.40. The smallest absolute Gasteiger partial charge is 0.307 e. The molecule has 1 aliphatic rings. The van der Waals surface area contributed by atoms with Gasteiger partial charge in [0.1, 0.15) is 4.88 Å². The number of hydrogen-bond donors (Lipinski definition) is 0. The number of carbonyl (C=O) groups excluding carboxylic acids is 1. The Morgan fingerprint density at radius 1 is 1.18 bits per heavy atom. The third-order valence-electron chi connectivity index (χ3n) is 3.28. The molecule has 6 heteroatoms. The molecule has 1 saturated heterocycles. The van der Waals surface area contributed by atoms with Gasteiger partial charge in [-0.1, -0.05) is 11.3 Å². The lowest BCUT2D eigenvalue weighted by atomic mass is 10.3. The lowest BCUT2D eigenvalue weighted by Crippen LogP contribution is -2.47. The Bertz CT molecular complexity index is 483. The SMILES string of the molecule is Cc1c(C(=O)N2CCN(C)CC2)sc(=O)n1C. The van der Waals surface area contributed by atoms with Crippen LogP contribution in [0.2, 0.25) is 0 Å². The van der Waals surface area contributed by atoms with Crippen molar-refractivity contribution in [2.45, 2.75) is 6.92 Å². The predicted octanol–water partition coefficient (Wildman–Crippen LogP) is 0.143. The Kier molecular flexibility index (Phi) is 3.35. The van der Waals surface area contributed by atoms with E-state index >= 15 is 0 Å². The van der Waals surface area contributed by atoms with E-state index in [1.807, 2.05) is 18.9 Å². The van der Waals surface area contributed by atoms with Crippen molar-refractivity contribution in [3.63, 3.8) is 0 Å². The van der Waals surface area contributed by atoms with Gasteiger partial charge in [0.15, 0.2) is 0 Å². The fourth-order valence-corrected chi connectivity index (χ4v) is 2.82. The molecular formula is C11H17N3O2S. The minimum absolute atomic E-state index is 0.00157. The summed E-state index contributed by atoms with van der Waals surface area (Å²) in [7, 11) is 3.75. The third-order valence-corrected chi connectivity index (χ3v) is 4.40. The summed E-state index contributed by atoms with van der Waals surface area (Å²) >= 11 is 1.05. The summed E-state index contributed by atoms with van der Waals surface area (Å²) in [5.41, 5.74) is 0.768. The molecule has 0 aromatic carbocycles. The van der Waals surface area contributed by atoms with Gasteiger partial charge in [0.25, 0.3) is 5.91 Å². The average Bonchev–Trinajstić information content (AvgIpc) is 2.57. The van der Waals surface area contributed by atoms with Crippen LogP contribution >= 0.6 is 11.3 Å². The molecule has 0 saturated carbocycles. The van der Waals surface area contributed by atoms with Crippen LogP contribution in [0.25, 0.3) is 0 Å². The number of rotatable bonds is 1. The zero-order valence-corrected chi connectivity index (χ0v) is 11.2. The summed E-state index contributed by atoms with van der Waals surface area (Å²) in [4.78, 5) is 28.3. The summed E-state index contributed by atoms with van der Waals surface area (Å²) in [5.74, 6) is -0.00157. The maximum absolute atomic E-state index is 12.3. The van der Waals surface area contributed by atoms with E-state index in [-0.39, 0.29) is 10.8 Å². The normalized spacial score (nSPS) is 17.5. The van der Waals surface area contributed by atoms with E-state index in [9.17, 15) is 9.59 Å². The molecule has 17 heavy (non-hydrogen) atoms. The monoisotopic (exact) mass is 255 g/mol. The summed E-state index contributed by atoms with van der Waals surface area (Å²) in [6.45, 7) is 5.09. The average molecular weight is 255 g/mol. The molecule has 5 nitrogen and oxygen atoms in total. The maximum atomic E-state index is 12.3. The molecule has 1 aromatic rings. The first-order valence-electron chi connectivity index (χ1n) is 5.65. The molecule has 1 aromatic heterocycles. The van der Waals surface area contributed by atoms with Crippen molar-refractivity contribution in [1.29, 1.82) is 0 Å². The highest BCUT2D eigenvalue weighted by molar-refractivity contribution is 7.11. The molecule has 0 bridgehead atoms. The molecule has 1 aliphatic heterocycles. The van der Waals surface area contributed by atoms with Gasteiger partial charge in [-0.3, -0.25) is 9.59 Å². The Morgan fingerprint density at radius 2 is 1.76 bits per heavy atom. The molecule has 1 amide bonds. The summed E-state index contributed by atoms with van der Waals surface area (Å²) in [5, 5.41) is 0. The molecule has 0 radical (unpaired) electrons. The lowest BCUT2D eigenvalue weighted by Gasteiger charge is -2.32. The molecule has 1 fully saturated rings. The molecule has 2 heterocycles. The topological polar surface area (TPSA) is 45.6 Å². The van der Waals surface area contributed by atoms with Gasteiger partial charge in [0.2, 0.25) is 0 Å². The van der Waals surface area contributed by atoms with Crippen LogP contribution in [0.1, 0.15) is 15.4 Å². The van der Waals surface area contributed by atoms with Crippen LogP contribution in [-0.2, 0) is 7.05 Å². The van der Waals surface area contributed by atoms with Crippen molar-refractivity contribution in [2.75, 3.05) is 33.2 Å². The van der Waals surface area contributed by atoms with Gasteiger partial charge in [-0.2, -0.15) is 0 Å². The van der Waals surface area contributed by atoms with E-state index in [1.165, 1.54) is 4.57 Å². The highest BCUT2D eigenvalue weighted by atomic mass is 32.1. The minimum Gasteiger partial charge on any atom is -0.335 e. The van der Waals surface area contributed by atoms with E-state index in [1.54, 1.807) is 7.05 Å². The van der Waals surface area contributed by atoms with E-state index in [0.29, 0.717) is 4.88 Å². The number of thiazole rings is 1. The minimum atomic E-state index is -0.0695. The van der Waals surface area contributed by atoms with Crippen LogP contribution in [0.4, 0.5) is 0 Å². The van der Waals surface area contributed by atoms with Crippen LogP contribution in [0, 0.1) is 6.92 Å². The maximum Gasteiger partial charge on any atom is 0.307 e. The Labute approximate surface area is 104 Å². The highest BCUT2D eigenvalue weighted by Crippen LogP contribution is 2.14. The first-order valence-corrected chi connectivity index (χ1v) is 6.46. The van der Waals surface area contributed by atoms with Crippen LogP contribution < -0.4 is 4.87 Å². The Hall–Kier alpha value is -1.14. The van der Waals surface area contributed by atoms with Gasteiger partial charge in [0, 0.05) is 38.9 Å². The fraction of sp³-hybridized carbons (Fsp3) is 0.636. The van der Waals surface area contributed by atoms with Crippen molar-refractivity contribution in [3.05, 3.63) is 20.2 Å². The first kappa shape index (κ1) is 12.3. The van der Waals surface area contributed by atoms with Gasteiger partial charge >= 0.3 is 4.87 Å². The van der Waals surface area contributed by atoms with Gasteiger partial charge in [0.05, 0.1) is 0 Å². The second kappa shape index (κ2) is 4.62.